The van der Waals surface area contributed by atoms with Crippen molar-refractivity contribution in [2.24, 2.45) is 0 Å². The molecule has 0 spiro atoms. The summed E-state index contributed by atoms with van der Waals surface area (Å²) in [6.07, 6.45) is 0. The van der Waals surface area contributed by atoms with Gasteiger partial charge in [0.05, 0.1) is 11.0 Å². The Hall–Kier alpha value is -8.60. The van der Waals surface area contributed by atoms with Crippen LogP contribution < -0.4 is 9.80 Å². The number of fused-ring (bicyclic) bond motifs is 6. The fourth-order valence-corrected chi connectivity index (χ4v) is 9.31. The smallest absolute Gasteiger partial charge is 0.136 e. The zero-order valence-corrected chi connectivity index (χ0v) is 34.9. The van der Waals surface area contributed by atoms with Gasteiger partial charge in [0.1, 0.15) is 11.2 Å². The van der Waals surface area contributed by atoms with Gasteiger partial charge < -0.3 is 18.8 Å². The van der Waals surface area contributed by atoms with E-state index in [1.807, 2.05) is 6.07 Å². The SMILES string of the molecule is c1ccc(-c2ccc(N(c3ccccc3)c3ccc(-n4c5cc(N(c6ccccc6)c6ccc(-c7ccccc7)cc6)ccc5c5cc6oc7ccccc7c6cc54)cc3)cc2)cc1. The minimum Gasteiger partial charge on any atom is -0.456 e. The lowest BCUT2D eigenvalue weighted by Crippen LogP contribution is -2.10. The number of rotatable bonds is 9. The number of hydrogen-bond acceptors (Lipinski definition) is 3. The van der Waals surface area contributed by atoms with Gasteiger partial charge in [0.2, 0.25) is 0 Å². The van der Waals surface area contributed by atoms with E-state index in [-0.39, 0.29) is 0 Å². The van der Waals surface area contributed by atoms with E-state index in [1.54, 1.807) is 0 Å². The molecule has 0 atom stereocenters. The zero-order valence-electron chi connectivity index (χ0n) is 34.9. The zero-order chi connectivity index (χ0) is 42.4. The third kappa shape index (κ3) is 6.57. The van der Waals surface area contributed by atoms with Gasteiger partial charge in [0.15, 0.2) is 0 Å². The lowest BCUT2D eigenvalue weighted by atomic mass is 10.0. The van der Waals surface area contributed by atoms with E-state index in [0.717, 1.165) is 83.6 Å². The molecule has 2 aromatic heterocycles. The van der Waals surface area contributed by atoms with Crippen molar-refractivity contribution in [3.05, 3.63) is 249 Å². The fraction of sp³-hybridized carbons (Fsp3) is 0. The highest BCUT2D eigenvalue weighted by atomic mass is 16.3. The second-order valence-electron chi connectivity index (χ2n) is 16.2. The number of aromatic nitrogens is 1. The molecule has 4 heteroatoms. The van der Waals surface area contributed by atoms with E-state index in [2.05, 4.69) is 257 Å². The highest BCUT2D eigenvalue weighted by molar-refractivity contribution is 6.17. The van der Waals surface area contributed by atoms with Gasteiger partial charge in [0.25, 0.3) is 0 Å². The molecule has 0 saturated carbocycles. The summed E-state index contributed by atoms with van der Waals surface area (Å²) in [5.41, 5.74) is 16.3. The average molecular weight is 820 g/mol. The van der Waals surface area contributed by atoms with Crippen LogP contribution in [0.3, 0.4) is 0 Å². The second kappa shape index (κ2) is 15.7. The van der Waals surface area contributed by atoms with Crippen LogP contribution in [0.4, 0.5) is 34.1 Å². The van der Waals surface area contributed by atoms with Gasteiger partial charge in [-0.15, -0.1) is 0 Å². The third-order valence-electron chi connectivity index (χ3n) is 12.4. The van der Waals surface area contributed by atoms with Crippen molar-refractivity contribution in [1.29, 1.82) is 0 Å². The van der Waals surface area contributed by atoms with E-state index in [4.69, 9.17) is 4.42 Å². The summed E-state index contributed by atoms with van der Waals surface area (Å²) >= 11 is 0. The number of para-hydroxylation sites is 3. The minimum atomic E-state index is 0.883. The Morgan fingerprint density at radius 2 is 0.688 bits per heavy atom. The molecule has 12 rings (SSSR count). The Balaban J connectivity index is 1.02. The van der Waals surface area contributed by atoms with Gasteiger partial charge in [-0.25, -0.2) is 0 Å². The minimum absolute atomic E-state index is 0.883. The predicted molar refractivity (Wildman–Crippen MR) is 268 cm³/mol. The van der Waals surface area contributed by atoms with Crippen molar-refractivity contribution in [1.82, 2.24) is 4.57 Å². The molecule has 64 heavy (non-hydrogen) atoms. The molecule has 0 N–H and O–H groups in total. The molecule has 10 aromatic carbocycles. The molecule has 4 nitrogen and oxygen atoms in total. The molecule has 2 heterocycles. The summed E-state index contributed by atoms with van der Waals surface area (Å²) in [5.74, 6) is 0. The Labute approximate surface area is 371 Å². The van der Waals surface area contributed by atoms with Crippen LogP contribution in [0.2, 0.25) is 0 Å². The number of hydrogen-bond donors (Lipinski definition) is 0. The van der Waals surface area contributed by atoms with Crippen molar-refractivity contribution < 1.29 is 4.42 Å². The summed E-state index contributed by atoms with van der Waals surface area (Å²) < 4.78 is 8.90. The molecule has 0 aliphatic heterocycles. The molecule has 0 radical (unpaired) electrons. The third-order valence-corrected chi connectivity index (χ3v) is 12.4. The molecule has 0 amide bonds. The van der Waals surface area contributed by atoms with Crippen LogP contribution in [0.1, 0.15) is 0 Å². The first-order valence-corrected chi connectivity index (χ1v) is 21.7. The molecule has 0 aliphatic rings. The van der Waals surface area contributed by atoms with Crippen LogP contribution in [0, 0.1) is 0 Å². The van der Waals surface area contributed by atoms with Crippen LogP contribution >= 0.6 is 0 Å². The summed E-state index contributed by atoms with van der Waals surface area (Å²) in [6, 6.07) is 88.8. The van der Waals surface area contributed by atoms with Gasteiger partial charge in [-0.1, -0.05) is 146 Å². The Kier molecular flexibility index (Phi) is 9.12. The lowest BCUT2D eigenvalue weighted by molar-refractivity contribution is 0.669. The van der Waals surface area contributed by atoms with E-state index in [0.29, 0.717) is 0 Å². The molecule has 0 saturated heterocycles. The summed E-state index contributed by atoms with van der Waals surface area (Å²) in [7, 11) is 0. The van der Waals surface area contributed by atoms with Crippen molar-refractivity contribution in [3.63, 3.8) is 0 Å². The summed E-state index contributed by atoms with van der Waals surface area (Å²) in [6.45, 7) is 0. The molecule has 302 valence electrons. The van der Waals surface area contributed by atoms with E-state index in [1.165, 1.54) is 22.3 Å². The van der Waals surface area contributed by atoms with Crippen LogP contribution in [0.25, 0.3) is 71.7 Å². The quantitative estimate of drug-likeness (QED) is 0.145. The van der Waals surface area contributed by atoms with Crippen LogP contribution in [0.15, 0.2) is 253 Å². The van der Waals surface area contributed by atoms with Crippen molar-refractivity contribution in [2.45, 2.75) is 0 Å². The first kappa shape index (κ1) is 37.2. The van der Waals surface area contributed by atoms with E-state index < -0.39 is 0 Å². The highest BCUT2D eigenvalue weighted by Gasteiger charge is 2.21. The molecule has 0 aliphatic carbocycles. The Morgan fingerprint density at radius 1 is 0.266 bits per heavy atom. The van der Waals surface area contributed by atoms with Gasteiger partial charge >= 0.3 is 0 Å². The maximum absolute atomic E-state index is 6.48. The molecular formula is C60H41N3O. The topological polar surface area (TPSA) is 24.6 Å². The monoisotopic (exact) mass is 819 g/mol. The molecule has 0 fully saturated rings. The Morgan fingerprint density at radius 3 is 1.25 bits per heavy atom. The largest absolute Gasteiger partial charge is 0.456 e. The summed E-state index contributed by atoms with van der Waals surface area (Å²) in [5, 5.41) is 4.50. The summed E-state index contributed by atoms with van der Waals surface area (Å²) in [4.78, 5) is 4.67. The standard InChI is InChI=1S/C60H41N3O/c1-5-15-42(16-6-1)44-25-29-48(30-26-44)61(46-19-9-3-10-20-46)50-33-35-51(36-34-50)63-57-39-52(37-38-53(57)55-41-60-56(40-58(55)63)54-23-13-14-24-59(54)64-60)62(47-21-11-4-12-22-47)49-31-27-45(28-32-49)43-17-7-2-8-18-43/h1-41H. The number of nitrogens with zero attached hydrogens (tertiary/aromatic N) is 3. The van der Waals surface area contributed by atoms with Gasteiger partial charge in [-0.2, -0.15) is 0 Å². The van der Waals surface area contributed by atoms with Crippen LogP contribution in [0.5, 0.6) is 0 Å². The normalized spacial score (nSPS) is 11.4. The lowest BCUT2D eigenvalue weighted by Gasteiger charge is -2.26. The molecule has 0 unspecified atom stereocenters. The first-order valence-electron chi connectivity index (χ1n) is 21.7. The maximum Gasteiger partial charge on any atom is 0.136 e. The number of anilines is 6. The van der Waals surface area contributed by atoms with E-state index in [9.17, 15) is 0 Å². The van der Waals surface area contributed by atoms with Gasteiger partial charge in [0, 0.05) is 61.4 Å². The number of benzene rings is 10. The Bertz CT molecular complexity index is 3560. The maximum atomic E-state index is 6.48. The van der Waals surface area contributed by atoms with Crippen molar-refractivity contribution in [3.8, 4) is 27.9 Å². The van der Waals surface area contributed by atoms with Crippen LogP contribution in [-0.4, -0.2) is 4.57 Å². The van der Waals surface area contributed by atoms with Crippen molar-refractivity contribution >= 4 is 77.9 Å². The second-order valence-corrected chi connectivity index (χ2v) is 16.2. The van der Waals surface area contributed by atoms with Crippen LogP contribution in [-0.2, 0) is 0 Å². The van der Waals surface area contributed by atoms with Gasteiger partial charge in [-0.05, 0) is 125 Å². The van der Waals surface area contributed by atoms with E-state index >= 15 is 0 Å². The predicted octanol–water partition coefficient (Wildman–Crippen LogP) is 17.0. The molecular weight excluding hydrogens is 779 g/mol. The number of furan rings is 1. The average Bonchev–Trinajstić information content (AvgIpc) is 3.89. The highest BCUT2D eigenvalue weighted by Crippen LogP contribution is 2.43. The first-order chi connectivity index (χ1) is 31.7. The fourth-order valence-electron chi connectivity index (χ4n) is 9.31. The molecule has 12 aromatic rings. The van der Waals surface area contributed by atoms with Crippen molar-refractivity contribution in [2.75, 3.05) is 9.80 Å². The molecule has 0 bridgehead atoms. The van der Waals surface area contributed by atoms with Gasteiger partial charge in [-0.3, -0.25) is 0 Å².